The summed E-state index contributed by atoms with van der Waals surface area (Å²) >= 11 is 0. The Hall–Kier alpha value is -2.24. The highest BCUT2D eigenvalue weighted by atomic mass is 16.4. The van der Waals surface area contributed by atoms with E-state index < -0.39 is 5.97 Å². The van der Waals surface area contributed by atoms with Gasteiger partial charge in [-0.2, -0.15) is 5.10 Å². The minimum atomic E-state index is -1.07. The summed E-state index contributed by atoms with van der Waals surface area (Å²) in [6.45, 7) is 1.86. The van der Waals surface area contributed by atoms with E-state index in [-0.39, 0.29) is 5.69 Å². The summed E-state index contributed by atoms with van der Waals surface area (Å²) < 4.78 is 1.66. The summed E-state index contributed by atoms with van der Waals surface area (Å²) in [6.07, 6.45) is 1.24. The van der Waals surface area contributed by atoms with Gasteiger partial charge in [0.1, 0.15) is 6.33 Å². The number of carbonyl (C=O) groups is 1. The molecule has 0 aromatic carbocycles. The van der Waals surface area contributed by atoms with E-state index in [2.05, 4.69) is 15.1 Å². The number of aromatic carboxylic acids is 1. The van der Waals surface area contributed by atoms with Crippen molar-refractivity contribution in [3.05, 3.63) is 29.8 Å². The van der Waals surface area contributed by atoms with Gasteiger partial charge in [-0.1, -0.05) is 0 Å². The van der Waals surface area contributed by atoms with Crippen LogP contribution in [0.2, 0.25) is 0 Å². The predicted molar refractivity (Wildman–Crippen MR) is 55.9 cm³/mol. The maximum absolute atomic E-state index is 10.8. The highest BCUT2D eigenvalue weighted by molar-refractivity contribution is 5.86. The smallest absolute Gasteiger partial charge is 0.354 e. The lowest BCUT2D eigenvalue weighted by Gasteiger charge is -2.01. The van der Waals surface area contributed by atoms with Gasteiger partial charge in [-0.25, -0.2) is 14.8 Å². The molecule has 0 amide bonds. The monoisotopic (exact) mass is 218 g/mol. The van der Waals surface area contributed by atoms with E-state index in [1.54, 1.807) is 11.7 Å². The van der Waals surface area contributed by atoms with Crippen LogP contribution in [0.3, 0.4) is 0 Å². The number of rotatable bonds is 2. The first-order valence-electron chi connectivity index (χ1n) is 4.64. The van der Waals surface area contributed by atoms with Crippen LogP contribution in [0, 0.1) is 6.92 Å². The van der Waals surface area contributed by atoms with E-state index in [0.29, 0.717) is 5.69 Å². The van der Waals surface area contributed by atoms with Crippen LogP contribution in [0.25, 0.3) is 11.4 Å². The van der Waals surface area contributed by atoms with Gasteiger partial charge in [0.25, 0.3) is 0 Å². The van der Waals surface area contributed by atoms with Crippen molar-refractivity contribution in [3.8, 4) is 11.4 Å². The van der Waals surface area contributed by atoms with Crippen molar-refractivity contribution in [1.82, 2.24) is 19.7 Å². The Bertz CT molecular complexity index is 548. The molecule has 0 atom stereocenters. The number of nitrogens with zero attached hydrogens (tertiary/aromatic N) is 4. The zero-order chi connectivity index (χ0) is 11.7. The molecule has 82 valence electrons. The number of hydrogen-bond donors (Lipinski definition) is 1. The van der Waals surface area contributed by atoms with Crippen molar-refractivity contribution >= 4 is 5.97 Å². The predicted octanol–water partition coefficient (Wildman–Crippen LogP) is 0.884. The normalized spacial score (nSPS) is 10.4. The van der Waals surface area contributed by atoms with Gasteiger partial charge in [0.05, 0.1) is 17.1 Å². The van der Waals surface area contributed by atoms with E-state index in [1.165, 1.54) is 12.4 Å². The van der Waals surface area contributed by atoms with Crippen molar-refractivity contribution in [2.45, 2.75) is 6.92 Å². The van der Waals surface area contributed by atoms with Gasteiger partial charge < -0.3 is 5.11 Å². The standard InChI is InChI=1S/C10H10N4O2/c1-6-3-9(14(2)13-6)7-4-8(10(15)16)12-5-11-7/h3-5H,1-2H3,(H,15,16). The van der Waals surface area contributed by atoms with E-state index in [1.807, 2.05) is 13.0 Å². The minimum Gasteiger partial charge on any atom is -0.477 e. The van der Waals surface area contributed by atoms with Crippen molar-refractivity contribution in [2.24, 2.45) is 7.05 Å². The fraction of sp³-hybridized carbons (Fsp3) is 0.200. The van der Waals surface area contributed by atoms with Crippen LogP contribution in [0.5, 0.6) is 0 Å². The molecule has 1 N–H and O–H groups in total. The molecule has 0 unspecified atom stereocenters. The fourth-order valence-corrected chi connectivity index (χ4v) is 1.46. The number of aryl methyl sites for hydroxylation is 2. The van der Waals surface area contributed by atoms with Crippen LogP contribution < -0.4 is 0 Å². The molecule has 2 rings (SSSR count). The van der Waals surface area contributed by atoms with Crippen LogP contribution >= 0.6 is 0 Å². The van der Waals surface area contributed by atoms with Gasteiger partial charge in [0.15, 0.2) is 5.69 Å². The van der Waals surface area contributed by atoms with Gasteiger partial charge >= 0.3 is 5.97 Å². The third kappa shape index (κ3) is 1.77. The van der Waals surface area contributed by atoms with Crippen LogP contribution in [0.4, 0.5) is 0 Å². The Morgan fingerprint density at radius 1 is 1.38 bits per heavy atom. The second-order valence-corrected chi connectivity index (χ2v) is 3.39. The van der Waals surface area contributed by atoms with Crippen LogP contribution in [0.15, 0.2) is 18.5 Å². The summed E-state index contributed by atoms with van der Waals surface area (Å²) in [5, 5.41) is 13.0. The topological polar surface area (TPSA) is 80.9 Å². The summed E-state index contributed by atoms with van der Waals surface area (Å²) in [5.41, 5.74) is 2.15. The Morgan fingerprint density at radius 2 is 2.12 bits per heavy atom. The highest BCUT2D eigenvalue weighted by Crippen LogP contribution is 2.17. The number of carboxylic acids is 1. The lowest BCUT2D eigenvalue weighted by Crippen LogP contribution is -2.02. The van der Waals surface area contributed by atoms with Crippen molar-refractivity contribution in [3.63, 3.8) is 0 Å². The minimum absolute atomic E-state index is 0.0242. The molecule has 2 aromatic rings. The molecule has 0 saturated carbocycles. The van der Waals surface area contributed by atoms with Gasteiger partial charge in [-0.15, -0.1) is 0 Å². The Balaban J connectivity index is 2.52. The lowest BCUT2D eigenvalue weighted by molar-refractivity contribution is 0.0690. The van der Waals surface area contributed by atoms with Gasteiger partial charge in [-0.05, 0) is 19.1 Å². The molecule has 0 aliphatic rings. The summed E-state index contributed by atoms with van der Waals surface area (Å²) in [5.74, 6) is -1.07. The molecular weight excluding hydrogens is 208 g/mol. The second-order valence-electron chi connectivity index (χ2n) is 3.39. The van der Waals surface area contributed by atoms with E-state index >= 15 is 0 Å². The van der Waals surface area contributed by atoms with Gasteiger partial charge in [-0.3, -0.25) is 4.68 Å². The first-order valence-corrected chi connectivity index (χ1v) is 4.64. The molecule has 0 bridgehead atoms. The molecule has 0 radical (unpaired) electrons. The molecule has 0 spiro atoms. The largest absolute Gasteiger partial charge is 0.477 e. The summed E-state index contributed by atoms with van der Waals surface area (Å²) in [7, 11) is 1.78. The van der Waals surface area contributed by atoms with Crippen LogP contribution in [0.1, 0.15) is 16.2 Å². The number of aromatic nitrogens is 4. The summed E-state index contributed by atoms with van der Waals surface area (Å²) in [4.78, 5) is 18.5. The van der Waals surface area contributed by atoms with Crippen LogP contribution in [-0.2, 0) is 7.05 Å². The molecule has 6 nitrogen and oxygen atoms in total. The Kier molecular flexibility index (Phi) is 2.40. The average Bonchev–Trinajstić information content (AvgIpc) is 2.58. The van der Waals surface area contributed by atoms with Gasteiger partial charge in [0, 0.05) is 7.05 Å². The molecule has 0 aliphatic carbocycles. The first kappa shape index (κ1) is 10.3. The fourth-order valence-electron chi connectivity index (χ4n) is 1.46. The third-order valence-electron chi connectivity index (χ3n) is 2.15. The highest BCUT2D eigenvalue weighted by Gasteiger charge is 2.10. The molecule has 0 fully saturated rings. The zero-order valence-corrected chi connectivity index (χ0v) is 8.88. The average molecular weight is 218 g/mol. The molecular formula is C10H10N4O2. The quantitative estimate of drug-likeness (QED) is 0.809. The second kappa shape index (κ2) is 3.73. The SMILES string of the molecule is Cc1cc(-c2cc(C(=O)O)ncn2)n(C)n1. The maximum Gasteiger partial charge on any atom is 0.354 e. The van der Waals surface area contributed by atoms with E-state index in [0.717, 1.165) is 11.4 Å². The molecule has 2 heterocycles. The Labute approximate surface area is 91.6 Å². The maximum atomic E-state index is 10.8. The summed E-state index contributed by atoms with van der Waals surface area (Å²) in [6, 6.07) is 3.27. The van der Waals surface area contributed by atoms with Gasteiger partial charge in [0.2, 0.25) is 0 Å². The lowest BCUT2D eigenvalue weighted by atomic mass is 10.2. The molecule has 16 heavy (non-hydrogen) atoms. The third-order valence-corrected chi connectivity index (χ3v) is 2.15. The first-order chi connectivity index (χ1) is 7.58. The molecule has 6 heteroatoms. The molecule has 2 aromatic heterocycles. The Morgan fingerprint density at radius 3 is 2.69 bits per heavy atom. The van der Waals surface area contributed by atoms with E-state index in [4.69, 9.17) is 5.11 Å². The van der Waals surface area contributed by atoms with Crippen molar-refractivity contribution in [2.75, 3.05) is 0 Å². The zero-order valence-electron chi connectivity index (χ0n) is 8.88. The van der Waals surface area contributed by atoms with Crippen molar-refractivity contribution < 1.29 is 9.90 Å². The van der Waals surface area contributed by atoms with Crippen molar-refractivity contribution in [1.29, 1.82) is 0 Å². The molecule has 0 saturated heterocycles. The number of hydrogen-bond acceptors (Lipinski definition) is 4. The van der Waals surface area contributed by atoms with E-state index in [9.17, 15) is 4.79 Å². The van der Waals surface area contributed by atoms with Crippen LogP contribution in [-0.4, -0.2) is 30.8 Å². The number of carboxylic acid groups (broad SMARTS) is 1. The molecule has 0 aliphatic heterocycles.